The molecule has 0 aliphatic rings. The number of halogens is 1. The molecule has 0 aliphatic carbocycles. The van der Waals surface area contributed by atoms with E-state index in [0.717, 1.165) is 11.1 Å². The molecule has 0 spiro atoms. The van der Waals surface area contributed by atoms with Crippen LogP contribution in [0, 0.1) is 13.8 Å². The fraction of sp³-hybridized carbons (Fsp3) is 0.286. The van der Waals surface area contributed by atoms with E-state index in [9.17, 15) is 9.59 Å². The normalized spacial score (nSPS) is 11.1. The van der Waals surface area contributed by atoms with E-state index in [1.807, 2.05) is 64.1 Å². The molecule has 2 aromatic heterocycles. The van der Waals surface area contributed by atoms with Crippen LogP contribution in [0.2, 0.25) is 0 Å². The number of aromatic amines is 1. The molecule has 0 aliphatic heterocycles. The van der Waals surface area contributed by atoms with Crippen LogP contribution >= 0.6 is 15.9 Å². The Balaban J connectivity index is 2.19. The molecule has 7 heteroatoms. The lowest BCUT2D eigenvalue weighted by molar-refractivity contribution is 0.409. The zero-order valence-electron chi connectivity index (χ0n) is 16.2. The third kappa shape index (κ3) is 4.42. The number of H-pyrrole nitrogens is 1. The van der Waals surface area contributed by atoms with Crippen molar-refractivity contribution in [2.75, 3.05) is 0 Å². The first-order valence-electron chi connectivity index (χ1n) is 8.99. The van der Waals surface area contributed by atoms with Gasteiger partial charge in [-0.2, -0.15) is 0 Å². The van der Waals surface area contributed by atoms with Gasteiger partial charge in [0.15, 0.2) is 0 Å². The molecule has 1 aromatic carbocycles. The predicted molar refractivity (Wildman–Crippen MR) is 112 cm³/mol. The quantitative estimate of drug-likeness (QED) is 0.597. The Hall–Kier alpha value is -2.67. The highest BCUT2D eigenvalue weighted by molar-refractivity contribution is 9.10. The van der Waals surface area contributed by atoms with Crippen LogP contribution in [0.15, 0.2) is 50.6 Å². The van der Waals surface area contributed by atoms with Crippen LogP contribution in [0.5, 0.6) is 11.6 Å². The first-order chi connectivity index (χ1) is 13.2. The predicted octanol–water partition coefficient (Wildman–Crippen LogP) is 4.27. The van der Waals surface area contributed by atoms with Crippen LogP contribution in [0.4, 0.5) is 0 Å². The van der Waals surface area contributed by atoms with Gasteiger partial charge in [-0.05, 0) is 71.1 Å². The third-order valence-electron chi connectivity index (χ3n) is 4.27. The lowest BCUT2D eigenvalue weighted by atomic mass is 10.1. The van der Waals surface area contributed by atoms with Crippen molar-refractivity contribution in [2.45, 2.75) is 40.2 Å². The van der Waals surface area contributed by atoms with E-state index in [1.54, 1.807) is 0 Å². The second-order valence-corrected chi connectivity index (χ2v) is 7.91. The fourth-order valence-corrected chi connectivity index (χ4v) is 3.51. The number of pyridine rings is 1. The monoisotopic (exact) mass is 443 g/mol. The van der Waals surface area contributed by atoms with Gasteiger partial charge < -0.3 is 4.74 Å². The topological polar surface area (TPSA) is 77.0 Å². The first-order valence-corrected chi connectivity index (χ1v) is 9.78. The van der Waals surface area contributed by atoms with Crippen molar-refractivity contribution in [2.24, 2.45) is 0 Å². The minimum atomic E-state index is -0.532. The zero-order chi connectivity index (χ0) is 20.4. The molecule has 0 amide bonds. The van der Waals surface area contributed by atoms with Crippen molar-refractivity contribution in [1.82, 2.24) is 14.5 Å². The number of ether oxygens (including phenoxy) is 1. The molecule has 146 valence electrons. The molecule has 3 rings (SSSR count). The Labute approximate surface area is 171 Å². The third-order valence-corrected chi connectivity index (χ3v) is 4.71. The summed E-state index contributed by atoms with van der Waals surface area (Å²) in [6.45, 7) is 7.91. The number of rotatable bonds is 5. The van der Waals surface area contributed by atoms with Crippen molar-refractivity contribution in [3.8, 4) is 11.6 Å². The Morgan fingerprint density at radius 3 is 2.43 bits per heavy atom. The highest BCUT2D eigenvalue weighted by Gasteiger charge is 2.20. The van der Waals surface area contributed by atoms with Crippen LogP contribution in [0.3, 0.4) is 0 Å². The van der Waals surface area contributed by atoms with Crippen LogP contribution in [-0.4, -0.2) is 14.5 Å². The van der Waals surface area contributed by atoms with Crippen molar-refractivity contribution >= 4 is 15.9 Å². The van der Waals surface area contributed by atoms with Crippen LogP contribution in [0.1, 0.15) is 42.1 Å². The Kier molecular flexibility index (Phi) is 5.84. The average molecular weight is 444 g/mol. The number of benzene rings is 1. The van der Waals surface area contributed by atoms with E-state index in [4.69, 9.17) is 4.74 Å². The fourth-order valence-electron chi connectivity index (χ4n) is 3.13. The largest absolute Gasteiger partial charge is 0.440 e. The number of aryl methyl sites for hydroxylation is 2. The summed E-state index contributed by atoms with van der Waals surface area (Å²) in [5.41, 5.74) is 2.20. The summed E-state index contributed by atoms with van der Waals surface area (Å²) < 4.78 is 8.22. The second kappa shape index (κ2) is 8.14. The zero-order valence-corrected chi connectivity index (χ0v) is 17.8. The van der Waals surface area contributed by atoms with E-state index in [0.29, 0.717) is 21.6 Å². The summed E-state index contributed by atoms with van der Waals surface area (Å²) in [4.78, 5) is 31.9. The van der Waals surface area contributed by atoms with E-state index >= 15 is 0 Å². The lowest BCUT2D eigenvalue weighted by Crippen LogP contribution is -2.34. The molecule has 3 aromatic rings. The van der Waals surface area contributed by atoms with Crippen molar-refractivity contribution in [3.63, 3.8) is 0 Å². The Morgan fingerprint density at radius 1 is 1.14 bits per heavy atom. The van der Waals surface area contributed by atoms with Gasteiger partial charge in [0.05, 0.1) is 17.8 Å². The minimum Gasteiger partial charge on any atom is -0.440 e. The molecule has 0 saturated carbocycles. The molecule has 2 heterocycles. The van der Waals surface area contributed by atoms with Gasteiger partial charge in [0, 0.05) is 0 Å². The summed E-state index contributed by atoms with van der Waals surface area (Å²) in [6, 6.07) is 11.3. The Bertz CT molecular complexity index is 1110. The molecule has 6 nitrogen and oxygen atoms in total. The SMILES string of the molecule is Cc1cc(C)cc(Oc2c(C(C)C)c(=O)[nH]c(=O)n2Cc2cccc(Br)n2)c1. The summed E-state index contributed by atoms with van der Waals surface area (Å²) in [5.74, 6) is 0.697. The van der Waals surface area contributed by atoms with Crippen molar-refractivity contribution in [3.05, 3.63) is 84.2 Å². The van der Waals surface area contributed by atoms with Crippen LogP contribution in [0.25, 0.3) is 0 Å². The Morgan fingerprint density at radius 2 is 1.82 bits per heavy atom. The number of nitrogens with one attached hydrogen (secondary N) is 1. The van der Waals surface area contributed by atoms with Gasteiger partial charge in [-0.1, -0.05) is 26.0 Å². The van der Waals surface area contributed by atoms with E-state index in [-0.39, 0.29) is 18.3 Å². The highest BCUT2D eigenvalue weighted by Crippen LogP contribution is 2.28. The van der Waals surface area contributed by atoms with Gasteiger partial charge in [0.25, 0.3) is 5.56 Å². The van der Waals surface area contributed by atoms with Gasteiger partial charge in [0.2, 0.25) is 5.88 Å². The number of hydrogen-bond donors (Lipinski definition) is 1. The van der Waals surface area contributed by atoms with Crippen molar-refractivity contribution < 1.29 is 4.74 Å². The molecular formula is C21H22BrN3O3. The molecule has 0 fully saturated rings. The number of nitrogens with zero attached hydrogens (tertiary/aromatic N) is 2. The standard InChI is InChI=1S/C21H22BrN3O3/c1-12(2)18-19(26)24-21(27)25(11-15-6-5-7-17(22)23-15)20(18)28-16-9-13(3)8-14(4)10-16/h5-10,12H,11H2,1-4H3,(H,24,26,27). The van der Waals surface area contributed by atoms with Crippen LogP contribution in [-0.2, 0) is 6.54 Å². The van der Waals surface area contributed by atoms with Gasteiger partial charge in [-0.3, -0.25) is 14.3 Å². The second-order valence-electron chi connectivity index (χ2n) is 7.10. The number of hydrogen-bond acceptors (Lipinski definition) is 4. The maximum absolute atomic E-state index is 12.6. The molecule has 0 saturated heterocycles. The van der Waals surface area contributed by atoms with E-state index < -0.39 is 11.2 Å². The van der Waals surface area contributed by atoms with E-state index in [1.165, 1.54) is 4.57 Å². The molecule has 1 N–H and O–H groups in total. The summed E-state index contributed by atoms with van der Waals surface area (Å²) in [6.07, 6.45) is 0. The molecule has 0 radical (unpaired) electrons. The molecular weight excluding hydrogens is 422 g/mol. The van der Waals surface area contributed by atoms with E-state index in [2.05, 4.69) is 25.9 Å². The average Bonchev–Trinajstić information content (AvgIpc) is 2.57. The summed E-state index contributed by atoms with van der Waals surface area (Å²) in [5, 5.41) is 0. The number of aromatic nitrogens is 3. The van der Waals surface area contributed by atoms with Crippen LogP contribution < -0.4 is 16.0 Å². The minimum absolute atomic E-state index is 0.132. The molecule has 0 bridgehead atoms. The first kappa shape index (κ1) is 20.1. The molecule has 0 atom stereocenters. The lowest BCUT2D eigenvalue weighted by Gasteiger charge is -2.18. The van der Waals surface area contributed by atoms with Gasteiger partial charge in [-0.15, -0.1) is 0 Å². The van der Waals surface area contributed by atoms with Gasteiger partial charge >= 0.3 is 5.69 Å². The highest BCUT2D eigenvalue weighted by atomic mass is 79.9. The van der Waals surface area contributed by atoms with Gasteiger partial charge in [0.1, 0.15) is 10.4 Å². The van der Waals surface area contributed by atoms with Crippen molar-refractivity contribution in [1.29, 1.82) is 0 Å². The maximum atomic E-state index is 12.6. The molecule has 0 unspecified atom stereocenters. The summed E-state index contributed by atoms with van der Waals surface area (Å²) >= 11 is 3.34. The van der Waals surface area contributed by atoms with Gasteiger partial charge in [-0.25, -0.2) is 9.78 Å². The summed E-state index contributed by atoms with van der Waals surface area (Å²) in [7, 11) is 0. The maximum Gasteiger partial charge on any atom is 0.331 e. The molecule has 28 heavy (non-hydrogen) atoms. The smallest absolute Gasteiger partial charge is 0.331 e.